The quantitative estimate of drug-likeness (QED) is 0.276. The van der Waals surface area contributed by atoms with Gasteiger partial charge in [-0.3, -0.25) is 19.8 Å². The van der Waals surface area contributed by atoms with Crippen LogP contribution in [0, 0.1) is 34.6 Å². The van der Waals surface area contributed by atoms with Crippen LogP contribution in [0.1, 0.15) is 33.6 Å². The monoisotopic (exact) mass is 521 g/mol. The average molecular weight is 522 g/mol. The third kappa shape index (κ3) is 4.07. The highest BCUT2D eigenvalue weighted by atomic mass is 79.9. The Morgan fingerprint density at radius 3 is 2.39 bits per heavy atom. The molecule has 2 heterocycles. The number of nitrogens with zero attached hydrogens (tertiary/aromatic N) is 2. The minimum Gasteiger partial charge on any atom is -0.318 e. The maximum absolute atomic E-state index is 13.5. The molecule has 3 aromatic rings. The Hall–Kier alpha value is -3.03. The summed E-state index contributed by atoms with van der Waals surface area (Å²) in [6.45, 7) is 9.95. The zero-order valence-corrected chi connectivity index (χ0v) is 21.5. The normalized spacial score (nSPS) is 15.4. The highest BCUT2D eigenvalue weighted by Crippen LogP contribution is 2.29. The van der Waals surface area contributed by atoms with Crippen molar-refractivity contribution in [1.82, 2.24) is 9.88 Å². The van der Waals surface area contributed by atoms with E-state index >= 15 is 0 Å². The van der Waals surface area contributed by atoms with Gasteiger partial charge in [0.25, 0.3) is 11.8 Å². The van der Waals surface area contributed by atoms with E-state index in [9.17, 15) is 9.59 Å². The zero-order valence-electron chi connectivity index (χ0n) is 19.1. The van der Waals surface area contributed by atoms with Crippen molar-refractivity contribution in [2.24, 2.45) is 0 Å². The Labute approximate surface area is 207 Å². The van der Waals surface area contributed by atoms with Crippen molar-refractivity contribution in [1.29, 1.82) is 0 Å². The summed E-state index contributed by atoms with van der Waals surface area (Å²) in [5.41, 5.74) is 7.60. The number of halogens is 1. The molecule has 1 aliphatic rings. The van der Waals surface area contributed by atoms with Gasteiger partial charge in [0.1, 0.15) is 5.57 Å². The second-order valence-corrected chi connectivity index (χ2v) is 9.51. The van der Waals surface area contributed by atoms with Crippen LogP contribution in [0.15, 0.2) is 52.5 Å². The van der Waals surface area contributed by atoms with Crippen LogP contribution in [0.3, 0.4) is 0 Å². The van der Waals surface area contributed by atoms with Crippen molar-refractivity contribution in [3.05, 3.63) is 86.2 Å². The highest BCUT2D eigenvalue weighted by Gasteiger charge is 2.35. The summed E-state index contributed by atoms with van der Waals surface area (Å²) in [6.07, 6.45) is 1.65. The maximum Gasteiger partial charge on any atom is 0.270 e. The summed E-state index contributed by atoms with van der Waals surface area (Å²) in [5.74, 6) is -0.919. The number of thiocarbonyl (C=S) groups is 1. The molecule has 0 radical (unpaired) electrons. The highest BCUT2D eigenvalue weighted by molar-refractivity contribution is 9.10. The smallest absolute Gasteiger partial charge is 0.270 e. The molecule has 1 aliphatic heterocycles. The summed E-state index contributed by atoms with van der Waals surface area (Å²) in [6, 6.07) is 13.8. The lowest BCUT2D eigenvalue weighted by Crippen LogP contribution is -2.54. The van der Waals surface area contributed by atoms with E-state index in [2.05, 4.69) is 31.9 Å². The molecule has 33 heavy (non-hydrogen) atoms. The molecule has 2 aromatic carbocycles. The molecule has 0 aliphatic carbocycles. The molecule has 0 spiro atoms. The van der Waals surface area contributed by atoms with E-state index in [-0.39, 0.29) is 10.7 Å². The second kappa shape index (κ2) is 8.72. The molecule has 1 aromatic heterocycles. The topological polar surface area (TPSA) is 54.3 Å². The van der Waals surface area contributed by atoms with E-state index in [1.54, 1.807) is 6.08 Å². The fraction of sp³-hybridized carbons (Fsp3) is 0.192. The SMILES string of the molecule is Cc1cc(-n2c(C)cc(/C=C3\C(=O)NC(=S)N(c4cccc(C)c4C)C3=O)c2C)ccc1Br. The molecule has 1 saturated heterocycles. The lowest BCUT2D eigenvalue weighted by atomic mass is 10.0. The van der Waals surface area contributed by atoms with Crippen LogP contribution in [0.4, 0.5) is 5.69 Å². The van der Waals surface area contributed by atoms with Crippen LogP contribution in [-0.4, -0.2) is 21.5 Å². The maximum atomic E-state index is 13.5. The molecule has 1 N–H and O–H groups in total. The van der Waals surface area contributed by atoms with Crippen molar-refractivity contribution >= 4 is 56.8 Å². The van der Waals surface area contributed by atoms with Crippen LogP contribution in [0.5, 0.6) is 0 Å². The first-order valence-electron chi connectivity index (χ1n) is 10.5. The summed E-state index contributed by atoms with van der Waals surface area (Å²) in [5, 5.41) is 2.77. The van der Waals surface area contributed by atoms with Crippen LogP contribution < -0.4 is 10.2 Å². The molecule has 1 fully saturated rings. The molecular formula is C26H24BrN3O2S. The Kier molecular flexibility index (Phi) is 6.12. The number of hydrogen-bond donors (Lipinski definition) is 1. The number of benzene rings is 2. The third-order valence-corrected chi connectivity index (χ3v) is 7.26. The van der Waals surface area contributed by atoms with Crippen molar-refractivity contribution < 1.29 is 9.59 Å². The number of rotatable bonds is 3. The number of anilines is 1. The standard InChI is InChI=1S/C26H24BrN3O2S/c1-14-7-6-8-23(17(14)4)30-25(32)21(24(31)28-26(30)33)13-19-12-16(3)29(18(19)5)20-9-10-22(27)15(2)11-20/h6-13H,1-5H3,(H,28,31,33)/b21-13+. The van der Waals surface area contributed by atoms with Crippen LogP contribution in [0.2, 0.25) is 0 Å². The lowest BCUT2D eigenvalue weighted by Gasteiger charge is -2.30. The largest absolute Gasteiger partial charge is 0.318 e. The molecule has 2 amide bonds. The van der Waals surface area contributed by atoms with Gasteiger partial charge >= 0.3 is 0 Å². The molecule has 0 unspecified atom stereocenters. The van der Waals surface area contributed by atoms with Gasteiger partial charge in [-0.05, 0) is 105 Å². The minimum atomic E-state index is -0.490. The summed E-state index contributed by atoms with van der Waals surface area (Å²) in [7, 11) is 0. The Balaban J connectivity index is 1.79. The lowest BCUT2D eigenvalue weighted by molar-refractivity contribution is -0.122. The van der Waals surface area contributed by atoms with Gasteiger partial charge in [0.2, 0.25) is 0 Å². The Morgan fingerprint density at radius 1 is 0.970 bits per heavy atom. The first kappa shape index (κ1) is 23.1. The Morgan fingerprint density at radius 2 is 1.70 bits per heavy atom. The first-order chi connectivity index (χ1) is 15.6. The first-order valence-corrected chi connectivity index (χ1v) is 11.7. The average Bonchev–Trinajstić information content (AvgIpc) is 3.03. The van der Waals surface area contributed by atoms with Crippen LogP contribution in [0.25, 0.3) is 11.8 Å². The molecular weight excluding hydrogens is 498 g/mol. The number of carbonyl (C=O) groups excluding carboxylic acids is 2. The predicted molar refractivity (Wildman–Crippen MR) is 140 cm³/mol. The van der Waals surface area contributed by atoms with Crippen LogP contribution in [-0.2, 0) is 9.59 Å². The summed E-state index contributed by atoms with van der Waals surface area (Å²) < 4.78 is 3.16. The van der Waals surface area contributed by atoms with E-state index in [1.807, 2.05) is 71.0 Å². The molecule has 168 valence electrons. The molecule has 0 bridgehead atoms. The second-order valence-electron chi connectivity index (χ2n) is 8.27. The summed E-state index contributed by atoms with van der Waals surface area (Å²) in [4.78, 5) is 27.6. The van der Waals surface area contributed by atoms with Crippen molar-refractivity contribution in [3.63, 3.8) is 0 Å². The van der Waals surface area contributed by atoms with E-state index < -0.39 is 11.8 Å². The van der Waals surface area contributed by atoms with Crippen molar-refractivity contribution in [3.8, 4) is 5.69 Å². The predicted octanol–water partition coefficient (Wildman–Crippen LogP) is 5.61. The summed E-state index contributed by atoms with van der Waals surface area (Å²) >= 11 is 8.91. The molecule has 5 nitrogen and oxygen atoms in total. The number of carbonyl (C=O) groups is 2. The van der Waals surface area contributed by atoms with E-state index in [0.717, 1.165) is 43.8 Å². The van der Waals surface area contributed by atoms with Gasteiger partial charge in [-0.15, -0.1) is 0 Å². The molecule has 7 heteroatoms. The van der Waals surface area contributed by atoms with Gasteiger partial charge in [0, 0.05) is 21.5 Å². The number of nitrogens with one attached hydrogen (secondary N) is 1. The van der Waals surface area contributed by atoms with Gasteiger partial charge in [-0.2, -0.15) is 0 Å². The minimum absolute atomic E-state index is 0.0525. The van der Waals surface area contributed by atoms with Gasteiger partial charge in [-0.1, -0.05) is 28.1 Å². The van der Waals surface area contributed by atoms with E-state index in [4.69, 9.17) is 12.2 Å². The van der Waals surface area contributed by atoms with Gasteiger partial charge < -0.3 is 4.57 Å². The van der Waals surface area contributed by atoms with Crippen molar-refractivity contribution in [2.75, 3.05) is 4.90 Å². The Bertz CT molecular complexity index is 1370. The fourth-order valence-corrected chi connectivity index (χ4v) is 4.63. The zero-order chi connectivity index (χ0) is 24.0. The molecule has 0 atom stereocenters. The molecule has 0 saturated carbocycles. The number of amides is 2. The van der Waals surface area contributed by atoms with E-state index in [0.29, 0.717) is 5.69 Å². The van der Waals surface area contributed by atoms with E-state index in [1.165, 1.54) is 4.90 Å². The van der Waals surface area contributed by atoms with Crippen molar-refractivity contribution in [2.45, 2.75) is 34.6 Å². The number of aryl methyl sites for hydroxylation is 3. The fourth-order valence-electron chi connectivity index (χ4n) is 4.11. The van der Waals surface area contributed by atoms with Crippen LogP contribution >= 0.6 is 28.1 Å². The van der Waals surface area contributed by atoms with Gasteiger partial charge in [0.15, 0.2) is 5.11 Å². The van der Waals surface area contributed by atoms with Gasteiger partial charge in [0.05, 0.1) is 5.69 Å². The van der Waals surface area contributed by atoms with Gasteiger partial charge in [-0.25, -0.2) is 0 Å². The third-order valence-electron chi connectivity index (χ3n) is 6.09. The number of hydrogen-bond acceptors (Lipinski definition) is 3. The number of aromatic nitrogens is 1. The molecule has 4 rings (SSSR count).